The molecule has 0 aliphatic heterocycles. The molecule has 0 unspecified atom stereocenters. The third-order valence-electron chi connectivity index (χ3n) is 1.10. The summed E-state index contributed by atoms with van der Waals surface area (Å²) in [5, 5.41) is 15.9. The molecule has 1 aromatic carbocycles. The van der Waals surface area contributed by atoms with Crippen LogP contribution in [0.4, 0.5) is 11.4 Å². The highest BCUT2D eigenvalue weighted by molar-refractivity contribution is 5.75. The van der Waals surface area contributed by atoms with E-state index in [0.29, 0.717) is 11.4 Å². The highest BCUT2D eigenvalue weighted by Gasteiger charge is 1.81. The molecule has 0 aliphatic rings. The van der Waals surface area contributed by atoms with Crippen molar-refractivity contribution in [2.75, 3.05) is 11.5 Å². The Labute approximate surface area is 81.8 Å². The standard InChI is InChI=1S/C6H8N2.C2H4N4/c7-5-2-1-3-6(8)4-5;3-1-6-2(4)5/h1-4H,7-8H2;(H4,4,5,6). The van der Waals surface area contributed by atoms with Crippen molar-refractivity contribution in [2.45, 2.75) is 0 Å². The number of nitrogen functional groups attached to an aromatic ring is 2. The number of hydrogen-bond donors (Lipinski definition) is 5. The van der Waals surface area contributed by atoms with E-state index < -0.39 is 0 Å². The fourth-order valence-electron chi connectivity index (χ4n) is 0.619. The van der Waals surface area contributed by atoms with Gasteiger partial charge >= 0.3 is 0 Å². The maximum atomic E-state index is 7.65. The Kier molecular flexibility index (Phi) is 5.07. The molecule has 0 atom stereocenters. The van der Waals surface area contributed by atoms with E-state index in [-0.39, 0.29) is 5.96 Å². The lowest BCUT2D eigenvalue weighted by Gasteiger charge is -1.91. The molecule has 0 aromatic heterocycles. The van der Waals surface area contributed by atoms with Crippen molar-refractivity contribution in [3.63, 3.8) is 0 Å². The van der Waals surface area contributed by atoms with Crippen LogP contribution in [0.3, 0.4) is 0 Å². The largest absolute Gasteiger partial charge is 0.399 e. The Bertz CT molecular complexity index is 323. The van der Waals surface area contributed by atoms with Crippen LogP contribution in [0.5, 0.6) is 0 Å². The van der Waals surface area contributed by atoms with Gasteiger partial charge in [-0.05, 0) is 18.2 Å². The van der Waals surface area contributed by atoms with Crippen LogP contribution in [0.2, 0.25) is 0 Å². The maximum Gasteiger partial charge on any atom is 0.199 e. The van der Waals surface area contributed by atoms with Crippen LogP contribution in [0.25, 0.3) is 0 Å². The summed E-state index contributed by atoms with van der Waals surface area (Å²) in [6, 6.07) is 7.15. The average molecular weight is 192 g/mol. The Balaban J connectivity index is 0.000000255. The van der Waals surface area contributed by atoms with Crippen LogP contribution in [-0.2, 0) is 0 Å². The molecule has 0 bridgehead atoms. The molecule has 6 heteroatoms. The van der Waals surface area contributed by atoms with Crippen molar-refractivity contribution in [3.8, 4) is 6.19 Å². The number of anilines is 2. The van der Waals surface area contributed by atoms with E-state index in [1.807, 2.05) is 11.4 Å². The molecule has 0 aliphatic carbocycles. The molecule has 0 spiro atoms. The quantitative estimate of drug-likeness (QED) is 0.127. The highest BCUT2D eigenvalue weighted by Crippen LogP contribution is 2.06. The molecule has 14 heavy (non-hydrogen) atoms. The molecule has 0 fully saturated rings. The van der Waals surface area contributed by atoms with Gasteiger partial charge in [0.15, 0.2) is 12.2 Å². The van der Waals surface area contributed by atoms with Gasteiger partial charge in [0.2, 0.25) is 0 Å². The predicted octanol–water partition coefficient (Wildman–Crippen LogP) is -0.198. The second-order valence-electron chi connectivity index (χ2n) is 2.32. The van der Waals surface area contributed by atoms with Crippen LogP contribution in [0.15, 0.2) is 24.3 Å². The fourth-order valence-corrected chi connectivity index (χ4v) is 0.619. The number of rotatable bonds is 0. The Morgan fingerprint density at radius 1 is 1.36 bits per heavy atom. The molecule has 0 saturated heterocycles. The van der Waals surface area contributed by atoms with Crippen molar-refractivity contribution < 1.29 is 0 Å². The number of nitriles is 1. The lowest BCUT2D eigenvalue weighted by atomic mass is 10.3. The zero-order valence-corrected chi connectivity index (χ0v) is 7.49. The van der Waals surface area contributed by atoms with Crippen LogP contribution in [0, 0.1) is 16.9 Å². The molecule has 0 saturated carbocycles. The van der Waals surface area contributed by atoms with E-state index in [1.54, 1.807) is 18.2 Å². The summed E-state index contributed by atoms with van der Waals surface area (Å²) in [5.74, 6) is -0.322. The van der Waals surface area contributed by atoms with Gasteiger partial charge in [-0.1, -0.05) is 6.07 Å². The molecule has 0 radical (unpaired) electrons. The Morgan fingerprint density at radius 3 is 2.00 bits per heavy atom. The lowest BCUT2D eigenvalue weighted by Crippen LogP contribution is -2.25. The first-order valence-corrected chi connectivity index (χ1v) is 3.66. The number of nitrogens with two attached hydrogens (primary N) is 3. The summed E-state index contributed by atoms with van der Waals surface area (Å²) < 4.78 is 0. The summed E-state index contributed by atoms with van der Waals surface area (Å²) in [4.78, 5) is 0. The van der Waals surface area contributed by atoms with Gasteiger partial charge in [-0.25, -0.2) is 0 Å². The van der Waals surface area contributed by atoms with Gasteiger partial charge in [0.05, 0.1) is 0 Å². The summed E-state index contributed by atoms with van der Waals surface area (Å²) in [5.41, 5.74) is 16.8. The normalized spacial score (nSPS) is 7.64. The number of nitrogens with zero attached hydrogens (tertiary/aromatic N) is 1. The van der Waals surface area contributed by atoms with Crippen molar-refractivity contribution in [1.29, 1.82) is 10.7 Å². The predicted molar refractivity (Wildman–Crippen MR) is 55.9 cm³/mol. The second-order valence-corrected chi connectivity index (χ2v) is 2.32. The van der Waals surface area contributed by atoms with Crippen LogP contribution in [0.1, 0.15) is 0 Å². The third-order valence-corrected chi connectivity index (χ3v) is 1.10. The zero-order valence-electron chi connectivity index (χ0n) is 7.49. The van der Waals surface area contributed by atoms with Gasteiger partial charge in [0.25, 0.3) is 0 Å². The Morgan fingerprint density at radius 2 is 1.86 bits per heavy atom. The summed E-state index contributed by atoms with van der Waals surface area (Å²) in [6.07, 6.45) is 1.47. The monoisotopic (exact) mass is 192 g/mol. The van der Waals surface area contributed by atoms with Gasteiger partial charge < -0.3 is 17.2 Å². The lowest BCUT2D eigenvalue weighted by molar-refractivity contribution is 1.19. The molecule has 0 heterocycles. The van der Waals surface area contributed by atoms with Gasteiger partial charge in [-0.15, -0.1) is 0 Å². The number of hydrogen-bond acceptors (Lipinski definition) is 4. The minimum Gasteiger partial charge on any atom is -0.399 e. The van der Waals surface area contributed by atoms with Crippen LogP contribution < -0.4 is 22.5 Å². The first-order chi connectivity index (χ1) is 6.56. The van der Waals surface area contributed by atoms with E-state index in [2.05, 4.69) is 5.73 Å². The smallest absolute Gasteiger partial charge is 0.199 e. The minimum absolute atomic E-state index is 0.322. The maximum absolute atomic E-state index is 7.65. The van der Waals surface area contributed by atoms with E-state index >= 15 is 0 Å². The third kappa shape index (κ3) is 6.30. The number of nitrogens with one attached hydrogen (secondary N) is 2. The topological polar surface area (TPSA) is 138 Å². The van der Waals surface area contributed by atoms with E-state index in [9.17, 15) is 0 Å². The molecular weight excluding hydrogens is 180 g/mol. The number of benzene rings is 1. The summed E-state index contributed by atoms with van der Waals surface area (Å²) >= 11 is 0. The molecule has 0 amide bonds. The van der Waals surface area contributed by atoms with Gasteiger partial charge in [0.1, 0.15) is 0 Å². The first-order valence-electron chi connectivity index (χ1n) is 3.66. The van der Waals surface area contributed by atoms with Crippen molar-refractivity contribution >= 4 is 17.3 Å². The summed E-state index contributed by atoms with van der Waals surface area (Å²) in [6.45, 7) is 0. The SMILES string of the molecule is N#CNC(=N)N.Nc1cccc(N)c1. The van der Waals surface area contributed by atoms with E-state index in [4.69, 9.17) is 22.1 Å². The number of guanidine groups is 1. The first kappa shape index (κ1) is 11.6. The molecule has 74 valence electrons. The second kappa shape index (κ2) is 6.14. The van der Waals surface area contributed by atoms with Crippen LogP contribution in [-0.4, -0.2) is 5.96 Å². The average Bonchev–Trinajstić information content (AvgIpc) is 2.03. The molecule has 8 N–H and O–H groups in total. The van der Waals surface area contributed by atoms with E-state index in [0.717, 1.165) is 0 Å². The van der Waals surface area contributed by atoms with Crippen molar-refractivity contribution in [3.05, 3.63) is 24.3 Å². The minimum atomic E-state index is -0.322. The van der Waals surface area contributed by atoms with Crippen LogP contribution >= 0.6 is 0 Å². The van der Waals surface area contributed by atoms with Gasteiger partial charge in [-0.3, -0.25) is 10.7 Å². The molecule has 6 nitrogen and oxygen atoms in total. The van der Waals surface area contributed by atoms with Crippen molar-refractivity contribution in [1.82, 2.24) is 5.32 Å². The fraction of sp³-hybridized carbons (Fsp3) is 0. The molecule has 1 rings (SSSR count). The van der Waals surface area contributed by atoms with Gasteiger partial charge in [0, 0.05) is 11.4 Å². The van der Waals surface area contributed by atoms with E-state index in [1.165, 1.54) is 6.19 Å². The molecule has 1 aromatic rings. The highest BCUT2D eigenvalue weighted by atomic mass is 15.0. The molecular formula is C8H12N6. The summed E-state index contributed by atoms with van der Waals surface area (Å²) in [7, 11) is 0. The zero-order chi connectivity index (χ0) is 11.0. The van der Waals surface area contributed by atoms with Crippen molar-refractivity contribution in [2.24, 2.45) is 5.73 Å². The Hall–Kier alpha value is -2.42. The van der Waals surface area contributed by atoms with Gasteiger partial charge in [-0.2, -0.15) is 5.26 Å².